The van der Waals surface area contributed by atoms with Gasteiger partial charge in [-0.25, -0.2) is 15.3 Å². The van der Waals surface area contributed by atoms with Crippen LogP contribution in [0.2, 0.25) is 5.02 Å². The van der Waals surface area contributed by atoms with Gasteiger partial charge in [-0.3, -0.25) is 19.6 Å². The van der Waals surface area contributed by atoms with E-state index < -0.39 is 60.2 Å². The number of nitrogens with one attached hydrogen (secondary N) is 2. The summed E-state index contributed by atoms with van der Waals surface area (Å²) in [7, 11) is 0. The van der Waals surface area contributed by atoms with Crippen LogP contribution in [0.1, 0.15) is 18.1 Å². The predicted molar refractivity (Wildman–Crippen MR) is 128 cm³/mol. The van der Waals surface area contributed by atoms with E-state index in [0.29, 0.717) is 15.3 Å². The number of carbonyl (C=O) groups excluding carboxylic acids is 2. The van der Waals surface area contributed by atoms with E-state index >= 15 is 0 Å². The molecule has 5 N–H and O–H groups in total. The zero-order valence-electron chi connectivity index (χ0n) is 20.3. The van der Waals surface area contributed by atoms with Gasteiger partial charge >= 0.3 is 18.0 Å². The predicted octanol–water partition coefficient (Wildman–Crippen LogP) is 2.33. The second-order valence-electron chi connectivity index (χ2n) is 8.66. The largest absolute Gasteiger partial charge is 0.416 e. The summed E-state index contributed by atoms with van der Waals surface area (Å²) in [5, 5.41) is 15.9. The van der Waals surface area contributed by atoms with Gasteiger partial charge in [0.05, 0.1) is 12.1 Å². The number of hydrogen-bond acceptors (Lipinski definition) is 6. The fourth-order valence-corrected chi connectivity index (χ4v) is 3.79. The van der Waals surface area contributed by atoms with Gasteiger partial charge in [-0.15, -0.1) is 5.10 Å². The van der Waals surface area contributed by atoms with Gasteiger partial charge in [0.1, 0.15) is 12.1 Å². The van der Waals surface area contributed by atoms with E-state index in [2.05, 4.69) is 10.4 Å². The van der Waals surface area contributed by atoms with E-state index in [1.165, 1.54) is 24.3 Å². The highest BCUT2D eigenvalue weighted by atomic mass is 35.5. The first-order chi connectivity index (χ1) is 18.5. The Morgan fingerprint density at radius 3 is 2.23 bits per heavy atom. The number of nitrogens with zero attached hydrogens (tertiary/aromatic N) is 3. The summed E-state index contributed by atoms with van der Waals surface area (Å²) in [6, 6.07) is 8.89. The average Bonchev–Trinajstić information content (AvgIpc) is 3.17. The lowest BCUT2D eigenvalue weighted by atomic mass is 9.89. The first kappa shape index (κ1) is 30.6. The molecule has 17 heteroatoms. The van der Waals surface area contributed by atoms with Gasteiger partial charge in [-0.2, -0.15) is 26.3 Å². The van der Waals surface area contributed by atoms with Crippen LogP contribution in [0.3, 0.4) is 0 Å². The van der Waals surface area contributed by atoms with Crippen molar-refractivity contribution in [2.75, 3.05) is 0 Å². The van der Waals surface area contributed by atoms with E-state index in [1.807, 2.05) is 0 Å². The Balaban J connectivity index is 2.00. The summed E-state index contributed by atoms with van der Waals surface area (Å²) in [5.41, 5.74) is -2.98. The highest BCUT2D eigenvalue weighted by molar-refractivity contribution is 6.30. The standard InChI is InChI=1S/C23H21ClF6N6O4/c1-21(19(39)33-31,13-3-2-4-14(9-13)22(25,26)27)32-17(38)11-36-20(40)35(10-16(37)23(28,29)30)18(34-36)12-5-7-15(24)8-6-12/h2-9,16,37H,10-11,31H2,1H3,(H,32,38)(H,33,39). The third-order valence-corrected chi connectivity index (χ3v) is 6.05. The van der Waals surface area contributed by atoms with Gasteiger partial charge in [0.15, 0.2) is 11.9 Å². The molecule has 40 heavy (non-hydrogen) atoms. The van der Waals surface area contributed by atoms with E-state index in [1.54, 1.807) is 5.43 Å². The maximum atomic E-state index is 13.2. The Kier molecular flexibility index (Phi) is 8.66. The molecule has 0 aliphatic carbocycles. The number of alkyl halides is 6. The third kappa shape index (κ3) is 6.63. The molecule has 2 unspecified atom stereocenters. The maximum Gasteiger partial charge on any atom is 0.416 e. The molecule has 0 aliphatic heterocycles. The molecule has 0 bridgehead atoms. The molecule has 10 nitrogen and oxygen atoms in total. The second-order valence-corrected chi connectivity index (χ2v) is 9.10. The lowest BCUT2D eigenvalue weighted by Gasteiger charge is -2.29. The number of aromatic nitrogens is 3. The summed E-state index contributed by atoms with van der Waals surface area (Å²) >= 11 is 5.83. The Labute approximate surface area is 226 Å². The topological polar surface area (TPSA) is 144 Å². The molecular weight excluding hydrogens is 574 g/mol. The van der Waals surface area contributed by atoms with Gasteiger partial charge < -0.3 is 10.4 Å². The van der Waals surface area contributed by atoms with Crippen molar-refractivity contribution in [3.8, 4) is 11.4 Å². The van der Waals surface area contributed by atoms with Crippen molar-refractivity contribution >= 4 is 23.4 Å². The van der Waals surface area contributed by atoms with Crippen LogP contribution >= 0.6 is 11.6 Å². The van der Waals surface area contributed by atoms with Crippen molar-refractivity contribution in [3.05, 3.63) is 75.2 Å². The SMILES string of the molecule is CC(NC(=O)Cn1nc(-c2ccc(Cl)cc2)n(CC(O)C(F)(F)F)c1=O)(C(=O)NN)c1cccc(C(F)(F)F)c1. The summed E-state index contributed by atoms with van der Waals surface area (Å²) in [6.45, 7) is -1.18. The molecule has 0 saturated heterocycles. The van der Waals surface area contributed by atoms with Crippen LogP contribution < -0.4 is 22.3 Å². The number of hydrazine groups is 1. The minimum Gasteiger partial charge on any atom is -0.382 e. The molecule has 2 amide bonds. The number of hydrogen-bond donors (Lipinski definition) is 4. The first-order valence-corrected chi connectivity index (χ1v) is 11.5. The molecule has 0 aliphatic rings. The number of aliphatic hydroxyl groups is 1. The van der Waals surface area contributed by atoms with Crippen molar-refractivity contribution in [3.63, 3.8) is 0 Å². The van der Waals surface area contributed by atoms with Crippen LogP contribution in [0.5, 0.6) is 0 Å². The minimum absolute atomic E-state index is 0.117. The van der Waals surface area contributed by atoms with E-state index in [-0.39, 0.29) is 22.0 Å². The lowest BCUT2D eigenvalue weighted by molar-refractivity contribution is -0.207. The highest BCUT2D eigenvalue weighted by Crippen LogP contribution is 2.32. The van der Waals surface area contributed by atoms with E-state index in [4.69, 9.17) is 17.4 Å². The Morgan fingerprint density at radius 2 is 1.68 bits per heavy atom. The Hall–Kier alpha value is -3.89. The molecule has 216 valence electrons. The summed E-state index contributed by atoms with van der Waals surface area (Å²) in [4.78, 5) is 38.5. The van der Waals surface area contributed by atoms with Crippen LogP contribution in [0.4, 0.5) is 26.3 Å². The Bertz CT molecular complexity index is 1450. The van der Waals surface area contributed by atoms with Crippen LogP contribution in [0.25, 0.3) is 11.4 Å². The van der Waals surface area contributed by atoms with E-state index in [0.717, 1.165) is 25.1 Å². The number of nitrogens with two attached hydrogens (primary N) is 1. The normalized spacial score (nSPS) is 14.3. The number of rotatable bonds is 8. The highest BCUT2D eigenvalue weighted by Gasteiger charge is 2.41. The molecule has 1 heterocycles. The van der Waals surface area contributed by atoms with Crippen molar-refractivity contribution < 1.29 is 41.0 Å². The first-order valence-electron chi connectivity index (χ1n) is 11.2. The zero-order chi connectivity index (χ0) is 30.0. The van der Waals surface area contributed by atoms with Gasteiger partial charge in [0.2, 0.25) is 5.91 Å². The fraction of sp³-hybridized carbons (Fsp3) is 0.304. The summed E-state index contributed by atoms with van der Waals surface area (Å²) in [6.07, 6.45) is -12.8. The number of amides is 2. The molecule has 2 atom stereocenters. The zero-order valence-corrected chi connectivity index (χ0v) is 21.1. The maximum absolute atomic E-state index is 13.2. The third-order valence-electron chi connectivity index (χ3n) is 5.79. The van der Waals surface area contributed by atoms with Crippen molar-refractivity contribution in [1.29, 1.82) is 0 Å². The molecule has 0 fully saturated rings. The average molecular weight is 595 g/mol. The van der Waals surface area contributed by atoms with Crippen molar-refractivity contribution in [1.82, 2.24) is 25.1 Å². The van der Waals surface area contributed by atoms with Crippen LogP contribution in [0.15, 0.2) is 53.3 Å². The van der Waals surface area contributed by atoms with Crippen LogP contribution in [-0.2, 0) is 34.4 Å². The van der Waals surface area contributed by atoms with Gasteiger partial charge in [-0.1, -0.05) is 23.7 Å². The lowest BCUT2D eigenvalue weighted by Crippen LogP contribution is -2.56. The van der Waals surface area contributed by atoms with Crippen LogP contribution in [0, 0.1) is 0 Å². The quantitative estimate of drug-likeness (QED) is 0.136. The number of aliphatic hydroxyl groups excluding tert-OH is 1. The molecule has 0 saturated carbocycles. The van der Waals surface area contributed by atoms with E-state index in [9.17, 15) is 45.8 Å². The fourth-order valence-electron chi connectivity index (χ4n) is 3.66. The van der Waals surface area contributed by atoms with Gasteiger partial charge in [0, 0.05) is 10.6 Å². The van der Waals surface area contributed by atoms with Crippen molar-refractivity contribution in [2.24, 2.45) is 5.84 Å². The molecule has 0 spiro atoms. The smallest absolute Gasteiger partial charge is 0.382 e. The number of benzene rings is 2. The molecule has 3 aromatic rings. The molecule has 2 aromatic carbocycles. The van der Waals surface area contributed by atoms with Crippen molar-refractivity contribution in [2.45, 2.75) is 44.0 Å². The van der Waals surface area contributed by atoms with Gasteiger partial charge in [-0.05, 0) is 48.9 Å². The molecule has 1 aromatic heterocycles. The summed E-state index contributed by atoms with van der Waals surface area (Å²) in [5.74, 6) is 2.59. The monoisotopic (exact) mass is 594 g/mol. The minimum atomic E-state index is -5.08. The van der Waals surface area contributed by atoms with Crippen LogP contribution in [-0.4, -0.2) is 43.5 Å². The molecular formula is C23H21ClF6N6O4. The summed E-state index contributed by atoms with van der Waals surface area (Å²) < 4.78 is 79.8. The second kappa shape index (κ2) is 11.3. The van der Waals surface area contributed by atoms with Gasteiger partial charge in [0.25, 0.3) is 5.91 Å². The number of carbonyl (C=O) groups is 2. The Morgan fingerprint density at radius 1 is 1.07 bits per heavy atom. The number of halogens is 7. The molecule has 0 radical (unpaired) electrons. The molecule has 3 rings (SSSR count).